The first-order valence-electron chi connectivity index (χ1n) is 9.10. The zero-order chi connectivity index (χ0) is 16.3. The molecular weight excluding hydrogens is 282 g/mol. The molecule has 0 amide bonds. The third-order valence-electron chi connectivity index (χ3n) is 4.88. The van der Waals surface area contributed by atoms with Crippen LogP contribution in [0, 0.1) is 17.2 Å². The summed E-state index contributed by atoms with van der Waals surface area (Å²) in [5, 5.41) is 8.87. The number of rotatable bonds is 8. The molecule has 23 heavy (non-hydrogen) atoms. The van der Waals surface area contributed by atoms with Gasteiger partial charge in [-0.05, 0) is 80.6 Å². The summed E-state index contributed by atoms with van der Waals surface area (Å²) < 4.78 is 5.53. The molecular formula is C21H29NO. The maximum absolute atomic E-state index is 8.87. The maximum atomic E-state index is 8.87. The first kappa shape index (κ1) is 17.6. The Morgan fingerprint density at radius 2 is 1.91 bits per heavy atom. The highest BCUT2D eigenvalue weighted by atomic mass is 16.5. The molecule has 0 saturated heterocycles. The van der Waals surface area contributed by atoms with E-state index in [4.69, 9.17) is 10.00 Å². The van der Waals surface area contributed by atoms with Crippen LogP contribution in [0.2, 0.25) is 0 Å². The molecule has 0 heterocycles. The molecule has 2 heteroatoms. The van der Waals surface area contributed by atoms with E-state index in [-0.39, 0.29) is 0 Å². The van der Waals surface area contributed by atoms with Crippen LogP contribution in [-0.4, -0.2) is 6.61 Å². The highest BCUT2D eigenvalue weighted by Gasteiger charge is 2.21. The van der Waals surface area contributed by atoms with Crippen LogP contribution in [0.15, 0.2) is 36.6 Å². The Kier molecular flexibility index (Phi) is 7.73. The van der Waals surface area contributed by atoms with Crippen LogP contribution in [0.25, 0.3) is 0 Å². The van der Waals surface area contributed by atoms with Crippen molar-refractivity contribution in [3.63, 3.8) is 0 Å². The summed E-state index contributed by atoms with van der Waals surface area (Å²) in [7, 11) is 0. The van der Waals surface area contributed by atoms with E-state index in [1.807, 2.05) is 18.4 Å². The van der Waals surface area contributed by atoms with Crippen LogP contribution in [0.3, 0.4) is 0 Å². The van der Waals surface area contributed by atoms with Crippen molar-refractivity contribution in [1.82, 2.24) is 0 Å². The zero-order valence-electron chi connectivity index (χ0n) is 14.3. The molecule has 0 N–H and O–H groups in total. The molecule has 1 aliphatic carbocycles. The minimum Gasteiger partial charge on any atom is -0.502 e. The highest BCUT2D eigenvalue weighted by Crippen LogP contribution is 2.37. The SMILES string of the molecule is CCC/C=C/OCCCC1CCC(c2ccc(C#N)cc2)CC1. The molecule has 124 valence electrons. The molecule has 0 aromatic heterocycles. The molecule has 0 bridgehead atoms. The number of allylic oxidation sites excluding steroid dienone is 1. The van der Waals surface area contributed by atoms with Crippen LogP contribution in [0.5, 0.6) is 0 Å². The van der Waals surface area contributed by atoms with Gasteiger partial charge in [0.25, 0.3) is 0 Å². The fourth-order valence-corrected chi connectivity index (χ4v) is 3.44. The maximum Gasteiger partial charge on any atom is 0.0991 e. The number of nitriles is 1. The largest absolute Gasteiger partial charge is 0.502 e. The van der Waals surface area contributed by atoms with E-state index in [0.717, 1.165) is 24.5 Å². The second kappa shape index (κ2) is 10.1. The minimum atomic E-state index is 0.687. The Balaban J connectivity index is 1.63. The monoisotopic (exact) mass is 311 g/mol. The molecule has 0 spiro atoms. The first-order chi connectivity index (χ1) is 11.3. The Labute approximate surface area is 141 Å². The third kappa shape index (κ3) is 6.10. The van der Waals surface area contributed by atoms with Gasteiger partial charge in [-0.3, -0.25) is 0 Å². The summed E-state index contributed by atoms with van der Waals surface area (Å²) in [6, 6.07) is 10.4. The van der Waals surface area contributed by atoms with Gasteiger partial charge in [-0.1, -0.05) is 25.5 Å². The van der Waals surface area contributed by atoms with Crippen LogP contribution < -0.4 is 0 Å². The van der Waals surface area contributed by atoms with Gasteiger partial charge in [-0.15, -0.1) is 0 Å². The van der Waals surface area contributed by atoms with Crippen molar-refractivity contribution in [2.75, 3.05) is 6.61 Å². The van der Waals surface area contributed by atoms with E-state index in [1.165, 1.54) is 50.5 Å². The minimum absolute atomic E-state index is 0.687. The van der Waals surface area contributed by atoms with Crippen molar-refractivity contribution >= 4 is 0 Å². The van der Waals surface area contributed by atoms with E-state index in [0.29, 0.717) is 5.92 Å². The van der Waals surface area contributed by atoms with Gasteiger partial charge >= 0.3 is 0 Å². The lowest BCUT2D eigenvalue weighted by molar-refractivity contribution is 0.219. The zero-order valence-corrected chi connectivity index (χ0v) is 14.3. The van der Waals surface area contributed by atoms with E-state index in [2.05, 4.69) is 31.2 Å². The highest BCUT2D eigenvalue weighted by molar-refractivity contribution is 5.33. The molecule has 0 unspecified atom stereocenters. The number of hydrogen-bond acceptors (Lipinski definition) is 2. The molecule has 0 radical (unpaired) electrons. The lowest BCUT2D eigenvalue weighted by Crippen LogP contribution is -2.13. The van der Waals surface area contributed by atoms with Crippen LogP contribution in [-0.2, 0) is 4.74 Å². The predicted octanol–water partition coefficient (Wildman–Crippen LogP) is 5.94. The molecule has 2 nitrogen and oxygen atoms in total. The van der Waals surface area contributed by atoms with Gasteiger partial charge in [0, 0.05) is 0 Å². The first-order valence-corrected chi connectivity index (χ1v) is 9.10. The number of unbranched alkanes of at least 4 members (excludes halogenated alkanes) is 1. The van der Waals surface area contributed by atoms with E-state index >= 15 is 0 Å². The lowest BCUT2D eigenvalue weighted by atomic mass is 9.77. The Bertz CT molecular complexity index is 504. The molecule has 1 fully saturated rings. The van der Waals surface area contributed by atoms with Gasteiger partial charge in [-0.2, -0.15) is 5.26 Å². The normalized spacial score (nSPS) is 21.2. The summed E-state index contributed by atoms with van der Waals surface area (Å²) >= 11 is 0. The van der Waals surface area contributed by atoms with Crippen molar-refractivity contribution in [2.24, 2.45) is 5.92 Å². The average molecular weight is 311 g/mol. The molecule has 0 atom stereocenters. The van der Waals surface area contributed by atoms with Crippen molar-refractivity contribution in [3.05, 3.63) is 47.7 Å². The summed E-state index contributed by atoms with van der Waals surface area (Å²) in [6.45, 7) is 3.04. The van der Waals surface area contributed by atoms with Gasteiger partial charge in [0.05, 0.1) is 24.5 Å². The summed E-state index contributed by atoms with van der Waals surface area (Å²) in [5.41, 5.74) is 2.17. The fraction of sp³-hybridized carbons (Fsp3) is 0.571. The Morgan fingerprint density at radius 3 is 2.57 bits per heavy atom. The smallest absolute Gasteiger partial charge is 0.0991 e. The fourth-order valence-electron chi connectivity index (χ4n) is 3.44. The van der Waals surface area contributed by atoms with Gasteiger partial charge in [0.2, 0.25) is 0 Å². The van der Waals surface area contributed by atoms with Crippen LogP contribution in [0.4, 0.5) is 0 Å². The number of ether oxygens (including phenoxy) is 1. The number of nitrogens with zero attached hydrogens (tertiary/aromatic N) is 1. The van der Waals surface area contributed by atoms with Gasteiger partial charge in [0.1, 0.15) is 0 Å². The second-order valence-electron chi connectivity index (χ2n) is 6.62. The molecule has 2 rings (SSSR count). The number of hydrogen-bond donors (Lipinski definition) is 0. The topological polar surface area (TPSA) is 33.0 Å². The third-order valence-corrected chi connectivity index (χ3v) is 4.88. The van der Waals surface area contributed by atoms with Gasteiger partial charge in [-0.25, -0.2) is 0 Å². The van der Waals surface area contributed by atoms with Crippen molar-refractivity contribution < 1.29 is 4.74 Å². The van der Waals surface area contributed by atoms with Crippen molar-refractivity contribution in [3.8, 4) is 6.07 Å². The van der Waals surface area contributed by atoms with Gasteiger partial charge < -0.3 is 4.74 Å². The van der Waals surface area contributed by atoms with Gasteiger partial charge in [0.15, 0.2) is 0 Å². The predicted molar refractivity (Wildman–Crippen MR) is 95.1 cm³/mol. The van der Waals surface area contributed by atoms with Crippen LogP contribution in [0.1, 0.15) is 75.3 Å². The Morgan fingerprint density at radius 1 is 1.17 bits per heavy atom. The standard InChI is InChI=1S/C21H29NO/c1-2-3-4-15-23-16-5-6-18-7-11-20(12-8-18)21-13-9-19(17-22)10-14-21/h4,9-10,13-15,18,20H,2-3,5-8,11-12,16H2,1H3/b15-4+. The van der Waals surface area contributed by atoms with Crippen LogP contribution >= 0.6 is 0 Å². The summed E-state index contributed by atoms with van der Waals surface area (Å²) in [5.74, 6) is 1.56. The lowest BCUT2D eigenvalue weighted by Gasteiger charge is -2.28. The molecule has 0 aliphatic heterocycles. The summed E-state index contributed by atoms with van der Waals surface area (Å²) in [6.07, 6.45) is 14.0. The molecule has 1 aromatic rings. The quantitative estimate of drug-likeness (QED) is 0.439. The second-order valence-corrected chi connectivity index (χ2v) is 6.62. The molecule has 1 saturated carbocycles. The molecule has 1 aliphatic rings. The summed E-state index contributed by atoms with van der Waals surface area (Å²) in [4.78, 5) is 0. The van der Waals surface area contributed by atoms with Crippen molar-refractivity contribution in [1.29, 1.82) is 5.26 Å². The van der Waals surface area contributed by atoms with E-state index in [1.54, 1.807) is 0 Å². The molecule has 1 aromatic carbocycles. The Hall–Kier alpha value is -1.75. The number of benzene rings is 1. The van der Waals surface area contributed by atoms with E-state index < -0.39 is 0 Å². The van der Waals surface area contributed by atoms with Crippen molar-refractivity contribution in [2.45, 2.75) is 64.2 Å². The van der Waals surface area contributed by atoms with E-state index in [9.17, 15) is 0 Å². The average Bonchev–Trinajstić information content (AvgIpc) is 2.61.